The van der Waals surface area contributed by atoms with Gasteiger partial charge in [-0.25, -0.2) is 0 Å². The molecule has 0 aliphatic carbocycles. The SMILES string of the molecule is Fc1c[c-]c(-c2ccccn2)cc1.[2H]C([2H])([2H])c1cnc(-c2[c-]ccc3c2oc2cc4c(ccc5ccccc54)cc23)cc1C([2H])([2H])C(C)(C)C.[Ir]. The van der Waals surface area contributed by atoms with Crippen molar-refractivity contribution in [1.82, 2.24) is 9.97 Å². The molecule has 3 nitrogen and oxygen atoms in total. The first-order valence-corrected chi connectivity index (χ1v) is 15.0. The van der Waals surface area contributed by atoms with E-state index in [9.17, 15) is 4.39 Å². The van der Waals surface area contributed by atoms with E-state index in [2.05, 4.69) is 58.5 Å². The van der Waals surface area contributed by atoms with Gasteiger partial charge in [0.1, 0.15) is 5.58 Å². The van der Waals surface area contributed by atoms with Gasteiger partial charge in [0.15, 0.2) is 0 Å². The van der Waals surface area contributed by atoms with E-state index in [1.165, 1.54) is 18.3 Å². The Bertz CT molecular complexity index is 2540. The van der Waals surface area contributed by atoms with Crippen molar-refractivity contribution in [2.24, 2.45) is 5.41 Å². The van der Waals surface area contributed by atoms with Crippen LogP contribution in [0.15, 0.2) is 120 Å². The number of aromatic nitrogens is 2. The van der Waals surface area contributed by atoms with Crippen LogP contribution in [0.25, 0.3) is 66.0 Å². The van der Waals surface area contributed by atoms with Gasteiger partial charge in [-0.1, -0.05) is 91.9 Å². The smallest absolute Gasteiger partial charge is 0.121 e. The van der Waals surface area contributed by atoms with E-state index in [0.29, 0.717) is 16.8 Å². The molecule has 3 heterocycles. The van der Waals surface area contributed by atoms with Gasteiger partial charge < -0.3 is 14.4 Å². The number of pyridine rings is 2. The Labute approximate surface area is 294 Å². The molecular weight excluding hydrogens is 760 g/mol. The summed E-state index contributed by atoms with van der Waals surface area (Å²) in [5, 5.41) is 6.36. The number of furan rings is 1. The van der Waals surface area contributed by atoms with Crippen molar-refractivity contribution >= 4 is 43.5 Å². The topological polar surface area (TPSA) is 38.9 Å². The zero-order valence-electron chi connectivity index (χ0n) is 31.0. The Morgan fingerprint density at radius 2 is 1.64 bits per heavy atom. The van der Waals surface area contributed by atoms with Gasteiger partial charge in [0.2, 0.25) is 0 Å². The van der Waals surface area contributed by atoms with E-state index in [0.717, 1.165) is 49.2 Å². The number of aryl methyl sites for hydroxylation is 1. The summed E-state index contributed by atoms with van der Waals surface area (Å²) in [5.41, 5.74) is 3.09. The largest absolute Gasteiger partial charge is 0.501 e. The van der Waals surface area contributed by atoms with E-state index in [4.69, 9.17) is 11.3 Å². The van der Waals surface area contributed by atoms with Crippen LogP contribution in [0.1, 0.15) is 38.8 Å². The second kappa shape index (κ2) is 13.2. The maximum Gasteiger partial charge on any atom is 0.121 e. The van der Waals surface area contributed by atoms with Gasteiger partial charge in [-0.3, -0.25) is 4.39 Å². The molecule has 0 aliphatic heterocycles. The number of benzene rings is 5. The fourth-order valence-corrected chi connectivity index (χ4v) is 5.62. The van der Waals surface area contributed by atoms with Crippen LogP contribution in [0.2, 0.25) is 0 Å². The first-order chi connectivity index (χ1) is 24.2. The van der Waals surface area contributed by atoms with Crippen molar-refractivity contribution in [2.75, 3.05) is 0 Å². The molecule has 5 aromatic carbocycles. The molecule has 0 aliphatic rings. The second-order valence-corrected chi connectivity index (χ2v) is 12.2. The third-order valence-electron chi connectivity index (χ3n) is 7.68. The normalized spacial score (nSPS) is 13.6. The zero-order chi connectivity index (χ0) is 36.1. The summed E-state index contributed by atoms with van der Waals surface area (Å²) in [6.07, 6.45) is 1.05. The predicted octanol–water partition coefficient (Wildman–Crippen LogP) is 11.3. The van der Waals surface area contributed by atoms with Gasteiger partial charge in [0, 0.05) is 50.6 Å². The van der Waals surface area contributed by atoms with Crippen LogP contribution in [-0.4, -0.2) is 9.97 Å². The van der Waals surface area contributed by atoms with Gasteiger partial charge in [-0.05, 0) is 75.3 Å². The predicted molar refractivity (Wildman–Crippen MR) is 187 cm³/mol. The van der Waals surface area contributed by atoms with E-state index < -0.39 is 18.6 Å². The number of hydrogen-bond acceptors (Lipinski definition) is 3. The Hall–Kier alpha value is -4.70. The van der Waals surface area contributed by atoms with Crippen LogP contribution in [0.5, 0.6) is 0 Å². The Morgan fingerprint density at radius 3 is 2.40 bits per heavy atom. The summed E-state index contributed by atoms with van der Waals surface area (Å²) in [4.78, 5) is 8.59. The van der Waals surface area contributed by atoms with Crippen molar-refractivity contribution in [2.45, 2.75) is 34.0 Å². The molecule has 3 aromatic heterocycles. The Kier molecular flexibility index (Phi) is 7.40. The summed E-state index contributed by atoms with van der Waals surface area (Å²) in [6.45, 7) is 2.78. The Morgan fingerprint density at radius 1 is 0.809 bits per heavy atom. The maximum absolute atomic E-state index is 12.6. The van der Waals surface area contributed by atoms with Crippen LogP contribution in [0.3, 0.4) is 0 Å². The number of hydrogen-bond donors (Lipinski definition) is 0. The molecule has 235 valence electrons. The molecule has 0 N–H and O–H groups in total. The first-order valence-electron chi connectivity index (χ1n) is 17.5. The van der Waals surface area contributed by atoms with Gasteiger partial charge in [-0.15, -0.1) is 48.0 Å². The minimum absolute atomic E-state index is 0. The summed E-state index contributed by atoms with van der Waals surface area (Å²) in [7, 11) is 0. The quantitative estimate of drug-likeness (QED) is 0.132. The molecule has 0 fully saturated rings. The molecule has 5 heteroatoms. The average Bonchev–Trinajstić information content (AvgIpc) is 3.48. The average molecular weight is 798 g/mol. The summed E-state index contributed by atoms with van der Waals surface area (Å²) in [6, 6.07) is 38.0. The minimum Gasteiger partial charge on any atom is -0.501 e. The monoisotopic (exact) mass is 798 g/mol. The van der Waals surface area contributed by atoms with E-state index in [1.807, 2.05) is 36.4 Å². The first kappa shape index (κ1) is 26.4. The molecule has 0 atom stereocenters. The van der Waals surface area contributed by atoms with Crippen molar-refractivity contribution < 1.29 is 35.8 Å². The summed E-state index contributed by atoms with van der Waals surface area (Å²) in [5.74, 6) is -0.278. The van der Waals surface area contributed by atoms with Gasteiger partial charge in [-0.2, -0.15) is 0 Å². The van der Waals surface area contributed by atoms with Crippen molar-refractivity contribution in [3.05, 3.63) is 145 Å². The fraction of sp³-hybridized carbons (Fsp3) is 0.143. The van der Waals surface area contributed by atoms with Gasteiger partial charge in [0.05, 0.1) is 5.58 Å². The molecular formula is C42H33FIrN2O-2. The third-order valence-corrected chi connectivity index (χ3v) is 7.68. The molecule has 0 bridgehead atoms. The molecule has 47 heavy (non-hydrogen) atoms. The Balaban J connectivity index is 0.000000279. The fourth-order valence-electron chi connectivity index (χ4n) is 5.62. The molecule has 0 saturated carbocycles. The van der Waals surface area contributed by atoms with Crippen molar-refractivity contribution in [3.8, 4) is 22.5 Å². The maximum atomic E-state index is 12.6. The van der Waals surface area contributed by atoms with Gasteiger partial charge in [0.25, 0.3) is 0 Å². The van der Waals surface area contributed by atoms with Crippen molar-refractivity contribution in [3.63, 3.8) is 0 Å². The molecule has 0 amide bonds. The van der Waals surface area contributed by atoms with Crippen LogP contribution in [0.4, 0.5) is 4.39 Å². The van der Waals surface area contributed by atoms with Gasteiger partial charge >= 0.3 is 0 Å². The summed E-state index contributed by atoms with van der Waals surface area (Å²) >= 11 is 0. The number of fused-ring (bicyclic) bond motifs is 6. The molecule has 1 radical (unpaired) electrons. The molecule has 0 saturated heterocycles. The summed E-state index contributed by atoms with van der Waals surface area (Å²) < 4.78 is 60.7. The number of rotatable bonds is 3. The van der Waals surface area contributed by atoms with Crippen LogP contribution in [0, 0.1) is 30.2 Å². The molecule has 0 unspecified atom stereocenters. The molecule has 8 aromatic rings. The standard InChI is InChI=1S/C31H26NO.C11H7FN.Ir/c1-19-18-32-28(15-22(19)17-31(2,3)4)25-11-7-10-24-27-14-21-13-12-20-8-5-6-9-23(20)26(21)16-29(27)33-30(24)25;12-10-6-4-9(5-7-10)11-3-1-2-8-13-11;/h5-10,12-16,18H,17H2,1-4H3;1-4,6-8H;/q2*-1;/i1D3,17D2;;. The van der Waals surface area contributed by atoms with E-state index >= 15 is 0 Å². The van der Waals surface area contributed by atoms with Crippen LogP contribution >= 0.6 is 0 Å². The third kappa shape index (κ3) is 6.74. The molecule has 8 rings (SSSR count). The second-order valence-electron chi connectivity index (χ2n) is 12.2. The van der Waals surface area contributed by atoms with Crippen LogP contribution < -0.4 is 0 Å². The number of halogens is 1. The zero-order valence-corrected chi connectivity index (χ0v) is 28.4. The van der Waals surface area contributed by atoms with E-state index in [1.54, 1.807) is 45.2 Å². The van der Waals surface area contributed by atoms with Crippen molar-refractivity contribution in [1.29, 1.82) is 0 Å². The van der Waals surface area contributed by atoms with Crippen LogP contribution in [-0.2, 0) is 26.5 Å². The van der Waals surface area contributed by atoms with E-state index in [-0.39, 0.29) is 37.0 Å². The minimum atomic E-state index is -2.50. The number of nitrogens with zero attached hydrogens (tertiary/aromatic N) is 2. The molecule has 0 spiro atoms.